The molecule has 0 amide bonds. The Morgan fingerprint density at radius 3 is 2.40 bits per heavy atom. The van der Waals surface area contributed by atoms with Crippen LogP contribution in [0.15, 0.2) is 6.07 Å². The third-order valence-electron chi connectivity index (χ3n) is 3.51. The van der Waals surface area contributed by atoms with Gasteiger partial charge in [-0.3, -0.25) is 5.43 Å². The van der Waals surface area contributed by atoms with E-state index in [1.807, 2.05) is 0 Å². The lowest BCUT2D eigenvalue weighted by molar-refractivity contribution is -0.141. The van der Waals surface area contributed by atoms with Gasteiger partial charge in [0.15, 0.2) is 5.69 Å². The van der Waals surface area contributed by atoms with Crippen molar-refractivity contribution < 1.29 is 13.2 Å². The number of halogens is 3. The zero-order valence-electron chi connectivity index (χ0n) is 11.2. The maximum atomic E-state index is 12.7. The van der Waals surface area contributed by atoms with E-state index < -0.39 is 11.9 Å². The Kier molecular flexibility index (Phi) is 4.32. The van der Waals surface area contributed by atoms with Gasteiger partial charge in [-0.1, -0.05) is 6.92 Å². The van der Waals surface area contributed by atoms with Gasteiger partial charge in [0, 0.05) is 12.1 Å². The number of nitrogen functional groups attached to an aromatic ring is 1. The molecule has 1 aliphatic rings. The molecule has 1 fully saturated rings. The van der Waals surface area contributed by atoms with E-state index in [0.717, 1.165) is 31.7 Å². The smallest absolute Gasteiger partial charge is 0.367 e. The Balaban J connectivity index is 2.14. The van der Waals surface area contributed by atoms with E-state index >= 15 is 0 Å². The number of nitrogens with one attached hydrogen (secondary N) is 2. The standard InChI is InChI=1S/C12H18F3N5/c1-7-2-4-8(5-3-7)17-10-6-9(12(13,14)15)18-11(19-10)20-16/h6-8H,2-5,16H2,1H3,(H2,17,18,19,20). The van der Waals surface area contributed by atoms with E-state index in [-0.39, 0.29) is 17.8 Å². The van der Waals surface area contributed by atoms with Crippen molar-refractivity contribution in [2.75, 3.05) is 10.7 Å². The van der Waals surface area contributed by atoms with E-state index in [2.05, 4.69) is 27.6 Å². The zero-order valence-corrected chi connectivity index (χ0v) is 11.2. The summed E-state index contributed by atoms with van der Waals surface area (Å²) in [6, 6.07) is 1.06. The van der Waals surface area contributed by atoms with Gasteiger partial charge in [0.2, 0.25) is 5.95 Å². The van der Waals surface area contributed by atoms with Crippen LogP contribution in [0.5, 0.6) is 0 Å². The number of hydrazine groups is 1. The second-order valence-electron chi connectivity index (χ2n) is 5.21. The highest BCUT2D eigenvalue weighted by atomic mass is 19.4. The first-order valence-electron chi connectivity index (χ1n) is 6.58. The lowest BCUT2D eigenvalue weighted by Gasteiger charge is -2.27. The van der Waals surface area contributed by atoms with E-state index in [1.54, 1.807) is 0 Å². The Hall–Kier alpha value is -1.57. The Morgan fingerprint density at radius 1 is 1.20 bits per heavy atom. The number of hydrogen-bond acceptors (Lipinski definition) is 5. The summed E-state index contributed by atoms with van der Waals surface area (Å²) in [4.78, 5) is 7.24. The van der Waals surface area contributed by atoms with Crippen LogP contribution in [0.4, 0.5) is 24.9 Å². The molecule has 0 unspecified atom stereocenters. The molecule has 1 saturated carbocycles. The van der Waals surface area contributed by atoms with E-state index in [4.69, 9.17) is 5.84 Å². The van der Waals surface area contributed by atoms with Crippen LogP contribution in [-0.4, -0.2) is 16.0 Å². The number of hydrogen-bond donors (Lipinski definition) is 3. The van der Waals surface area contributed by atoms with Gasteiger partial charge in [-0.25, -0.2) is 10.8 Å². The van der Waals surface area contributed by atoms with Crippen molar-refractivity contribution in [2.45, 2.75) is 44.8 Å². The lowest BCUT2D eigenvalue weighted by Crippen LogP contribution is -2.26. The molecular formula is C12H18F3N5. The predicted octanol–water partition coefficient (Wildman–Crippen LogP) is 2.77. The van der Waals surface area contributed by atoms with Crippen LogP contribution in [-0.2, 0) is 6.18 Å². The molecule has 8 heteroatoms. The van der Waals surface area contributed by atoms with Crippen LogP contribution >= 0.6 is 0 Å². The fourth-order valence-electron chi connectivity index (χ4n) is 2.34. The summed E-state index contributed by atoms with van der Waals surface area (Å²) in [6.45, 7) is 2.18. The van der Waals surface area contributed by atoms with Gasteiger partial charge >= 0.3 is 6.18 Å². The van der Waals surface area contributed by atoms with Gasteiger partial charge in [0.25, 0.3) is 0 Å². The Bertz CT molecular complexity index is 455. The maximum Gasteiger partial charge on any atom is 0.433 e. The number of alkyl halides is 3. The second kappa shape index (κ2) is 5.82. The molecule has 0 radical (unpaired) electrons. The van der Waals surface area contributed by atoms with E-state index in [9.17, 15) is 13.2 Å². The van der Waals surface area contributed by atoms with Crippen molar-refractivity contribution in [2.24, 2.45) is 11.8 Å². The molecule has 5 nitrogen and oxygen atoms in total. The molecule has 4 N–H and O–H groups in total. The number of rotatable bonds is 3. The summed E-state index contributed by atoms with van der Waals surface area (Å²) in [5.74, 6) is 5.69. The minimum Gasteiger partial charge on any atom is -0.367 e. The third kappa shape index (κ3) is 3.72. The fourth-order valence-corrected chi connectivity index (χ4v) is 2.34. The van der Waals surface area contributed by atoms with Gasteiger partial charge in [-0.2, -0.15) is 18.2 Å². The largest absolute Gasteiger partial charge is 0.433 e. The van der Waals surface area contributed by atoms with Gasteiger partial charge in [0.1, 0.15) is 5.82 Å². The molecule has 1 heterocycles. The Labute approximate surface area is 115 Å². The van der Waals surface area contributed by atoms with Crippen molar-refractivity contribution >= 4 is 11.8 Å². The third-order valence-corrected chi connectivity index (χ3v) is 3.51. The van der Waals surface area contributed by atoms with Crippen LogP contribution in [0.25, 0.3) is 0 Å². The SMILES string of the molecule is CC1CCC(Nc2cc(C(F)(F)F)nc(NN)n2)CC1. The molecule has 0 bridgehead atoms. The van der Waals surface area contributed by atoms with Crippen LogP contribution in [0.3, 0.4) is 0 Å². The van der Waals surface area contributed by atoms with E-state index in [1.165, 1.54) is 0 Å². The number of nitrogens with zero attached hydrogens (tertiary/aromatic N) is 2. The fraction of sp³-hybridized carbons (Fsp3) is 0.667. The molecule has 0 saturated heterocycles. The summed E-state index contributed by atoms with van der Waals surface area (Å²) in [7, 11) is 0. The first kappa shape index (κ1) is 14.8. The number of aromatic nitrogens is 2. The van der Waals surface area contributed by atoms with Crippen molar-refractivity contribution in [3.8, 4) is 0 Å². The molecular weight excluding hydrogens is 271 g/mol. The number of anilines is 2. The molecule has 1 aromatic heterocycles. The van der Waals surface area contributed by atoms with Crippen LogP contribution < -0.4 is 16.6 Å². The van der Waals surface area contributed by atoms with Crippen molar-refractivity contribution in [1.82, 2.24) is 9.97 Å². The summed E-state index contributed by atoms with van der Waals surface area (Å²) < 4.78 is 38.2. The summed E-state index contributed by atoms with van der Waals surface area (Å²) in [6.07, 6.45) is -0.532. The van der Waals surface area contributed by atoms with Gasteiger partial charge in [-0.15, -0.1) is 0 Å². The summed E-state index contributed by atoms with van der Waals surface area (Å²) in [5, 5.41) is 3.04. The highest BCUT2D eigenvalue weighted by molar-refractivity contribution is 5.43. The minimum absolute atomic E-state index is 0.146. The quantitative estimate of drug-likeness (QED) is 0.589. The van der Waals surface area contributed by atoms with Gasteiger partial charge in [-0.05, 0) is 31.6 Å². The molecule has 20 heavy (non-hydrogen) atoms. The average Bonchev–Trinajstić information content (AvgIpc) is 2.40. The first-order valence-corrected chi connectivity index (χ1v) is 6.58. The molecule has 112 valence electrons. The predicted molar refractivity (Wildman–Crippen MR) is 69.9 cm³/mol. The van der Waals surface area contributed by atoms with Crippen molar-refractivity contribution in [3.63, 3.8) is 0 Å². The molecule has 0 atom stereocenters. The molecule has 1 aromatic rings. The van der Waals surface area contributed by atoms with Gasteiger partial charge in [0.05, 0.1) is 0 Å². The maximum absolute atomic E-state index is 12.7. The highest BCUT2D eigenvalue weighted by Gasteiger charge is 2.34. The molecule has 0 aromatic carbocycles. The highest BCUT2D eigenvalue weighted by Crippen LogP contribution is 2.31. The summed E-state index contributed by atoms with van der Waals surface area (Å²) in [5.41, 5.74) is 1.05. The van der Waals surface area contributed by atoms with Gasteiger partial charge < -0.3 is 5.32 Å². The van der Waals surface area contributed by atoms with Crippen LogP contribution in [0.2, 0.25) is 0 Å². The molecule has 2 rings (SSSR count). The Morgan fingerprint density at radius 2 is 1.85 bits per heavy atom. The topological polar surface area (TPSA) is 75.9 Å². The zero-order chi connectivity index (χ0) is 14.8. The molecule has 1 aliphatic carbocycles. The normalized spacial score (nSPS) is 23.4. The van der Waals surface area contributed by atoms with E-state index in [0.29, 0.717) is 5.92 Å². The summed E-state index contributed by atoms with van der Waals surface area (Å²) >= 11 is 0. The van der Waals surface area contributed by atoms with Crippen LogP contribution in [0, 0.1) is 5.92 Å². The lowest BCUT2D eigenvalue weighted by atomic mass is 9.87. The number of nitrogens with two attached hydrogens (primary N) is 1. The van der Waals surface area contributed by atoms with Crippen molar-refractivity contribution in [1.29, 1.82) is 0 Å². The van der Waals surface area contributed by atoms with Crippen LogP contribution in [0.1, 0.15) is 38.3 Å². The molecule has 0 aliphatic heterocycles. The second-order valence-corrected chi connectivity index (χ2v) is 5.21. The first-order chi connectivity index (χ1) is 9.38. The monoisotopic (exact) mass is 289 g/mol. The van der Waals surface area contributed by atoms with Crippen molar-refractivity contribution in [3.05, 3.63) is 11.8 Å². The average molecular weight is 289 g/mol. The molecule has 0 spiro atoms. The minimum atomic E-state index is -4.52.